The molecule has 1 aromatic heterocycles. The van der Waals surface area contributed by atoms with Gasteiger partial charge in [0.2, 0.25) is 0 Å². The van der Waals surface area contributed by atoms with E-state index in [-0.39, 0.29) is 5.41 Å². The zero-order chi connectivity index (χ0) is 35.0. The first-order valence-corrected chi connectivity index (χ1v) is 18.3. The summed E-state index contributed by atoms with van der Waals surface area (Å²) in [6.07, 6.45) is 0. The van der Waals surface area contributed by atoms with Gasteiger partial charge in [-0.25, -0.2) is 0 Å². The Morgan fingerprint density at radius 3 is 1.96 bits per heavy atom. The maximum atomic E-state index is 6.95. The van der Waals surface area contributed by atoms with E-state index in [1.807, 2.05) is 12.1 Å². The van der Waals surface area contributed by atoms with E-state index in [9.17, 15) is 0 Å². The standard InChI is InChI=1S/C49H35ClN2/c1-49(2)45-20-12-11-19-41(45)42-25-23-38(31-46(42)49)52-47-26-22-33(29-44(47)43-24-21-32-13-9-10-18-40(32)48(43)52)34-27-35(50)30-39(28-34)51(36-14-5-3-6-15-36)37-16-7-4-8-17-37/h3-31H,1-2H3. The molecule has 0 fully saturated rings. The van der Waals surface area contributed by atoms with Gasteiger partial charge in [-0.05, 0) is 105 Å². The highest BCUT2D eigenvalue weighted by Gasteiger charge is 2.35. The Kier molecular flexibility index (Phi) is 6.93. The summed E-state index contributed by atoms with van der Waals surface area (Å²) < 4.78 is 2.48. The Balaban J connectivity index is 1.18. The quantitative estimate of drug-likeness (QED) is 0.175. The zero-order valence-electron chi connectivity index (χ0n) is 29.0. The van der Waals surface area contributed by atoms with Gasteiger partial charge < -0.3 is 9.47 Å². The zero-order valence-corrected chi connectivity index (χ0v) is 29.8. The van der Waals surface area contributed by atoms with E-state index in [1.165, 1.54) is 60.5 Å². The smallest absolute Gasteiger partial charge is 0.0619 e. The lowest BCUT2D eigenvalue weighted by Crippen LogP contribution is -2.15. The van der Waals surface area contributed by atoms with Crippen LogP contribution >= 0.6 is 11.6 Å². The topological polar surface area (TPSA) is 8.17 Å². The Hall–Kier alpha value is -6.09. The van der Waals surface area contributed by atoms with Gasteiger partial charge in [0.05, 0.1) is 11.0 Å². The van der Waals surface area contributed by atoms with E-state index >= 15 is 0 Å². The van der Waals surface area contributed by atoms with E-state index < -0.39 is 0 Å². The number of anilines is 3. The van der Waals surface area contributed by atoms with Crippen molar-refractivity contribution >= 4 is 61.2 Å². The highest BCUT2D eigenvalue weighted by Crippen LogP contribution is 2.50. The minimum Gasteiger partial charge on any atom is -0.310 e. The van der Waals surface area contributed by atoms with Gasteiger partial charge in [0, 0.05) is 49.3 Å². The number of fused-ring (bicyclic) bond motifs is 8. The molecule has 0 saturated carbocycles. The summed E-state index contributed by atoms with van der Waals surface area (Å²) >= 11 is 6.95. The number of para-hydroxylation sites is 2. The molecule has 10 rings (SSSR count). The lowest BCUT2D eigenvalue weighted by atomic mass is 9.82. The summed E-state index contributed by atoms with van der Waals surface area (Å²) in [7, 11) is 0. The van der Waals surface area contributed by atoms with E-state index in [4.69, 9.17) is 11.6 Å². The third-order valence-corrected chi connectivity index (χ3v) is 11.2. The fraction of sp³-hybridized carbons (Fsp3) is 0.0612. The number of halogens is 1. The maximum absolute atomic E-state index is 6.95. The van der Waals surface area contributed by atoms with Crippen LogP contribution in [0, 0.1) is 0 Å². The van der Waals surface area contributed by atoms with Crippen LogP contribution in [-0.4, -0.2) is 4.57 Å². The Bertz CT molecular complexity index is 2790. The van der Waals surface area contributed by atoms with Crippen molar-refractivity contribution in [2.24, 2.45) is 0 Å². The lowest BCUT2D eigenvalue weighted by Gasteiger charge is -2.26. The molecule has 0 spiro atoms. The molecule has 1 heterocycles. The average Bonchev–Trinajstić information content (AvgIpc) is 3.64. The number of hydrogen-bond donors (Lipinski definition) is 0. The van der Waals surface area contributed by atoms with Crippen LogP contribution in [0.1, 0.15) is 25.0 Å². The minimum atomic E-state index is -0.0897. The molecule has 0 bridgehead atoms. The first kappa shape index (κ1) is 30.7. The summed E-state index contributed by atoms with van der Waals surface area (Å²) in [5, 5.41) is 5.61. The molecule has 3 heteroatoms. The number of nitrogens with zero attached hydrogens (tertiary/aromatic N) is 2. The van der Waals surface area contributed by atoms with Crippen molar-refractivity contribution in [3.05, 3.63) is 192 Å². The van der Waals surface area contributed by atoms with Crippen LogP contribution in [0.3, 0.4) is 0 Å². The molecule has 8 aromatic carbocycles. The van der Waals surface area contributed by atoms with Crippen LogP contribution in [0.2, 0.25) is 5.02 Å². The molecule has 0 aliphatic heterocycles. The predicted molar refractivity (Wildman–Crippen MR) is 221 cm³/mol. The van der Waals surface area contributed by atoms with E-state index in [0.717, 1.165) is 28.2 Å². The largest absolute Gasteiger partial charge is 0.310 e. The van der Waals surface area contributed by atoms with E-state index in [0.29, 0.717) is 5.02 Å². The number of hydrogen-bond acceptors (Lipinski definition) is 1. The van der Waals surface area contributed by atoms with Crippen LogP contribution < -0.4 is 4.90 Å². The second-order valence-electron chi connectivity index (χ2n) is 14.4. The van der Waals surface area contributed by atoms with Crippen molar-refractivity contribution in [2.75, 3.05) is 4.90 Å². The van der Waals surface area contributed by atoms with E-state index in [1.54, 1.807) is 0 Å². The summed E-state index contributed by atoms with van der Waals surface area (Å²) in [4.78, 5) is 2.26. The second-order valence-corrected chi connectivity index (χ2v) is 14.8. The Morgan fingerprint density at radius 1 is 0.481 bits per heavy atom. The molecule has 0 radical (unpaired) electrons. The summed E-state index contributed by atoms with van der Waals surface area (Å²) in [6, 6.07) is 63.4. The predicted octanol–water partition coefficient (Wildman–Crippen LogP) is 14.0. The average molecular weight is 687 g/mol. The van der Waals surface area contributed by atoms with Gasteiger partial charge in [-0.2, -0.15) is 0 Å². The van der Waals surface area contributed by atoms with Crippen molar-refractivity contribution in [3.8, 4) is 27.9 Å². The highest BCUT2D eigenvalue weighted by atomic mass is 35.5. The SMILES string of the molecule is CC1(C)c2ccccc2-c2ccc(-n3c4ccc(-c5cc(Cl)cc(N(c6ccccc6)c6ccccc6)c5)cc4c4ccc5ccccc5c43)cc21. The van der Waals surface area contributed by atoms with Crippen molar-refractivity contribution in [3.63, 3.8) is 0 Å². The third-order valence-electron chi connectivity index (χ3n) is 11.0. The first-order chi connectivity index (χ1) is 25.5. The highest BCUT2D eigenvalue weighted by molar-refractivity contribution is 6.31. The molecule has 0 N–H and O–H groups in total. The summed E-state index contributed by atoms with van der Waals surface area (Å²) in [5.74, 6) is 0. The van der Waals surface area contributed by atoms with Gasteiger partial charge in [0.15, 0.2) is 0 Å². The van der Waals surface area contributed by atoms with Gasteiger partial charge in [0.1, 0.15) is 0 Å². The molecule has 0 atom stereocenters. The van der Waals surface area contributed by atoms with Crippen LogP contribution in [-0.2, 0) is 5.41 Å². The molecule has 0 saturated heterocycles. The molecular formula is C49H35ClN2. The normalized spacial score (nSPS) is 13.1. The van der Waals surface area contributed by atoms with Crippen LogP contribution in [0.4, 0.5) is 17.1 Å². The van der Waals surface area contributed by atoms with Crippen LogP contribution in [0.15, 0.2) is 176 Å². The molecule has 0 unspecified atom stereocenters. The fourth-order valence-electron chi connectivity index (χ4n) is 8.53. The van der Waals surface area contributed by atoms with Crippen molar-refractivity contribution in [2.45, 2.75) is 19.3 Å². The van der Waals surface area contributed by atoms with Crippen molar-refractivity contribution in [1.29, 1.82) is 0 Å². The van der Waals surface area contributed by atoms with Gasteiger partial charge in [0.25, 0.3) is 0 Å². The van der Waals surface area contributed by atoms with Crippen LogP contribution in [0.5, 0.6) is 0 Å². The molecule has 248 valence electrons. The number of benzene rings is 8. The molecule has 1 aliphatic rings. The summed E-state index contributed by atoms with van der Waals surface area (Å²) in [6.45, 7) is 4.70. The number of rotatable bonds is 5. The van der Waals surface area contributed by atoms with Gasteiger partial charge >= 0.3 is 0 Å². The first-order valence-electron chi connectivity index (χ1n) is 17.9. The Morgan fingerprint density at radius 2 is 1.17 bits per heavy atom. The van der Waals surface area contributed by atoms with Gasteiger partial charge in [-0.1, -0.05) is 135 Å². The monoisotopic (exact) mass is 686 g/mol. The maximum Gasteiger partial charge on any atom is 0.0619 e. The summed E-state index contributed by atoms with van der Waals surface area (Å²) in [5.41, 5.74) is 14.3. The Labute approximate surface area is 308 Å². The van der Waals surface area contributed by atoms with Gasteiger partial charge in [-0.15, -0.1) is 0 Å². The molecule has 0 amide bonds. The van der Waals surface area contributed by atoms with Crippen molar-refractivity contribution in [1.82, 2.24) is 4.57 Å². The second kappa shape index (κ2) is 11.7. The van der Waals surface area contributed by atoms with Gasteiger partial charge in [-0.3, -0.25) is 0 Å². The minimum absolute atomic E-state index is 0.0897. The molecule has 1 aliphatic carbocycles. The lowest BCUT2D eigenvalue weighted by molar-refractivity contribution is 0.660. The molecule has 9 aromatic rings. The third kappa shape index (κ3) is 4.72. The van der Waals surface area contributed by atoms with E-state index in [2.05, 4.69) is 187 Å². The van der Waals surface area contributed by atoms with Crippen LogP contribution in [0.25, 0.3) is 60.5 Å². The molecule has 2 nitrogen and oxygen atoms in total. The number of aromatic nitrogens is 1. The van der Waals surface area contributed by atoms with Crippen molar-refractivity contribution < 1.29 is 0 Å². The molecule has 52 heavy (non-hydrogen) atoms. The fourth-order valence-corrected chi connectivity index (χ4v) is 8.76. The molecular weight excluding hydrogens is 652 g/mol.